The summed E-state index contributed by atoms with van der Waals surface area (Å²) in [6.45, 7) is 6.13. The number of methoxy groups -OCH3 is 1. The van der Waals surface area contributed by atoms with Crippen molar-refractivity contribution in [2.45, 2.75) is 38.9 Å². The van der Waals surface area contributed by atoms with Crippen molar-refractivity contribution >= 4 is 47.6 Å². The summed E-state index contributed by atoms with van der Waals surface area (Å²) in [5.41, 5.74) is 5.17. The van der Waals surface area contributed by atoms with Crippen LogP contribution in [0.1, 0.15) is 40.8 Å². The first kappa shape index (κ1) is 29.7. The molecule has 2 aromatic heterocycles. The van der Waals surface area contributed by atoms with E-state index in [0.29, 0.717) is 41.1 Å². The van der Waals surface area contributed by atoms with Gasteiger partial charge in [0.05, 0.1) is 30.4 Å². The maximum absolute atomic E-state index is 13.3. The Bertz CT molecular complexity index is 1900. The van der Waals surface area contributed by atoms with Crippen LogP contribution in [0.5, 0.6) is 5.75 Å². The molecule has 44 heavy (non-hydrogen) atoms. The zero-order valence-electron chi connectivity index (χ0n) is 25.0. The van der Waals surface area contributed by atoms with Crippen molar-refractivity contribution in [1.29, 1.82) is 0 Å². The Morgan fingerprint density at radius 1 is 1.07 bits per heavy atom. The molecule has 3 heterocycles. The Morgan fingerprint density at radius 2 is 1.86 bits per heavy atom. The van der Waals surface area contributed by atoms with Crippen molar-refractivity contribution in [2.24, 2.45) is 4.99 Å². The summed E-state index contributed by atoms with van der Waals surface area (Å²) in [7, 11) is -0.803. The highest BCUT2D eigenvalue weighted by Gasteiger charge is 2.30. The molecule has 3 aromatic carbocycles. The number of carbonyl (C=O) groups excluding carboxylic acids is 1. The second-order valence-electron chi connectivity index (χ2n) is 11.4. The summed E-state index contributed by atoms with van der Waals surface area (Å²) in [5.74, 6) is 1.84. The number of benzene rings is 3. The number of hydrogen-bond donors (Lipinski definition) is 2. The summed E-state index contributed by atoms with van der Waals surface area (Å²) >= 11 is 6.20. The molecule has 1 amide bonds. The lowest BCUT2D eigenvalue weighted by atomic mass is 10.00. The van der Waals surface area contributed by atoms with E-state index in [1.807, 2.05) is 91.4 Å². The number of nitrogens with one attached hydrogen (secondary N) is 1. The van der Waals surface area contributed by atoms with Gasteiger partial charge in [0, 0.05) is 34.3 Å². The first-order valence-corrected chi connectivity index (χ1v) is 17.8. The predicted molar refractivity (Wildman–Crippen MR) is 175 cm³/mol. The van der Waals surface area contributed by atoms with Crippen LogP contribution < -0.4 is 15.2 Å². The fraction of sp³-hybridized carbons (Fsp3) is 0.242. The van der Waals surface area contributed by atoms with E-state index in [1.165, 1.54) is 0 Å². The molecule has 0 aliphatic carbocycles. The Morgan fingerprint density at radius 3 is 2.61 bits per heavy atom. The Balaban J connectivity index is 1.25. The van der Waals surface area contributed by atoms with Crippen LogP contribution in [0.4, 0.5) is 0 Å². The molecular weight excluding hydrogens is 592 g/mol. The molecule has 0 fully saturated rings. The van der Waals surface area contributed by atoms with Gasteiger partial charge in [-0.3, -0.25) is 19.3 Å². The largest absolute Gasteiger partial charge is 0.497 e. The van der Waals surface area contributed by atoms with E-state index in [4.69, 9.17) is 21.3 Å². The van der Waals surface area contributed by atoms with E-state index in [0.717, 1.165) is 38.5 Å². The molecule has 0 bridgehead atoms. The molecule has 1 atom stereocenters. The number of halogens is 1. The SMILES string of the molecule is COc1ccc2c(c1)C(c1ccc(Cl)cc1)=N[C@@H](CC(=O)NCCc1cnc3ccc([Si](C)(C)O)cc3c1)c1nnc(C)n1-2. The van der Waals surface area contributed by atoms with Gasteiger partial charge in [-0.1, -0.05) is 35.9 Å². The summed E-state index contributed by atoms with van der Waals surface area (Å²) in [6, 6.07) is 20.7. The molecule has 5 aromatic rings. The van der Waals surface area contributed by atoms with Gasteiger partial charge in [-0.2, -0.15) is 0 Å². The van der Waals surface area contributed by atoms with Crippen LogP contribution in [0.3, 0.4) is 0 Å². The highest BCUT2D eigenvalue weighted by atomic mass is 35.5. The van der Waals surface area contributed by atoms with E-state index < -0.39 is 14.4 Å². The number of nitrogens with zero attached hydrogens (tertiary/aromatic N) is 5. The zero-order chi connectivity index (χ0) is 31.0. The number of rotatable bonds is 8. The second-order valence-corrected chi connectivity index (χ2v) is 15.6. The average Bonchev–Trinajstić information content (AvgIpc) is 3.33. The van der Waals surface area contributed by atoms with Crippen LogP contribution in [0.25, 0.3) is 16.6 Å². The number of pyridine rings is 1. The van der Waals surface area contributed by atoms with Gasteiger partial charge in [-0.05, 0) is 79.7 Å². The van der Waals surface area contributed by atoms with Gasteiger partial charge in [0.25, 0.3) is 0 Å². The lowest BCUT2D eigenvalue weighted by Crippen LogP contribution is -2.41. The van der Waals surface area contributed by atoms with Gasteiger partial charge >= 0.3 is 0 Å². The third kappa shape index (κ3) is 6.01. The van der Waals surface area contributed by atoms with E-state index >= 15 is 0 Å². The molecule has 0 saturated heterocycles. The van der Waals surface area contributed by atoms with E-state index in [9.17, 15) is 9.59 Å². The van der Waals surface area contributed by atoms with Crippen LogP contribution >= 0.6 is 11.6 Å². The third-order valence-corrected chi connectivity index (χ3v) is 9.79. The normalized spacial score (nSPS) is 14.4. The van der Waals surface area contributed by atoms with Crippen LogP contribution in [0.15, 0.2) is 77.9 Å². The highest BCUT2D eigenvalue weighted by molar-refractivity contribution is 6.83. The van der Waals surface area contributed by atoms with Gasteiger partial charge < -0.3 is 14.8 Å². The number of hydrogen-bond acceptors (Lipinski definition) is 7. The second kappa shape index (κ2) is 12.0. The minimum Gasteiger partial charge on any atom is -0.497 e. The third-order valence-electron chi connectivity index (χ3n) is 7.81. The van der Waals surface area contributed by atoms with Gasteiger partial charge in [0.2, 0.25) is 14.2 Å². The van der Waals surface area contributed by atoms with E-state index in [2.05, 4.69) is 26.6 Å². The monoisotopic (exact) mass is 624 g/mol. The number of fused-ring (bicyclic) bond motifs is 4. The minimum atomic E-state index is -2.43. The summed E-state index contributed by atoms with van der Waals surface area (Å²) in [4.78, 5) is 33.6. The lowest BCUT2D eigenvalue weighted by Gasteiger charge is -2.15. The number of amides is 1. The smallest absolute Gasteiger partial charge is 0.222 e. The predicted octanol–water partition coefficient (Wildman–Crippen LogP) is 4.83. The Labute approximate surface area is 261 Å². The van der Waals surface area contributed by atoms with Crippen molar-refractivity contribution < 1.29 is 14.3 Å². The van der Waals surface area contributed by atoms with Gasteiger partial charge in [0.15, 0.2) is 5.82 Å². The van der Waals surface area contributed by atoms with Gasteiger partial charge in [-0.15, -0.1) is 10.2 Å². The van der Waals surface area contributed by atoms with E-state index in [1.54, 1.807) is 7.11 Å². The summed E-state index contributed by atoms with van der Waals surface area (Å²) in [5, 5.41) is 14.4. The Hall–Kier alpha value is -4.38. The maximum atomic E-state index is 13.3. The highest BCUT2D eigenvalue weighted by Crippen LogP contribution is 2.34. The van der Waals surface area contributed by atoms with E-state index in [-0.39, 0.29) is 12.3 Å². The molecule has 2 N–H and O–H groups in total. The van der Waals surface area contributed by atoms with Crippen LogP contribution in [0, 0.1) is 6.92 Å². The van der Waals surface area contributed by atoms with Gasteiger partial charge in [-0.25, -0.2) is 0 Å². The number of ether oxygens (including phenoxy) is 1. The first-order valence-electron chi connectivity index (χ1n) is 14.4. The fourth-order valence-corrected chi connectivity index (χ4v) is 6.59. The summed E-state index contributed by atoms with van der Waals surface area (Å²) < 4.78 is 7.51. The molecule has 6 rings (SSSR count). The molecule has 0 spiro atoms. The molecule has 0 radical (unpaired) electrons. The van der Waals surface area contributed by atoms with Crippen molar-refractivity contribution in [2.75, 3.05) is 13.7 Å². The number of aromatic nitrogens is 4. The number of aryl methyl sites for hydroxylation is 1. The number of carbonyl (C=O) groups is 1. The molecule has 1 aliphatic rings. The average molecular weight is 625 g/mol. The molecule has 1 aliphatic heterocycles. The molecule has 9 nitrogen and oxygen atoms in total. The van der Waals surface area contributed by atoms with Gasteiger partial charge in [0.1, 0.15) is 17.6 Å². The molecule has 0 saturated carbocycles. The molecule has 224 valence electrons. The fourth-order valence-electron chi connectivity index (χ4n) is 5.47. The standard InChI is InChI=1S/C33H33ClN6O3Si/c1-20-38-39-33-29(18-31(41)35-14-13-21-15-23-16-26(44(3,4)42)10-11-28(23)36-19-21)37-32(22-5-7-24(34)8-6-22)27-17-25(43-2)9-12-30(27)40(20)33/h5-12,15-17,19,29,42H,13-14,18H2,1-4H3,(H,35,41)/t29-/m0/s1. The lowest BCUT2D eigenvalue weighted by molar-refractivity contribution is -0.121. The van der Waals surface area contributed by atoms with Crippen molar-refractivity contribution in [3.63, 3.8) is 0 Å². The summed E-state index contributed by atoms with van der Waals surface area (Å²) in [6.07, 6.45) is 2.54. The first-order chi connectivity index (χ1) is 21.1. The van der Waals surface area contributed by atoms with Crippen molar-refractivity contribution in [1.82, 2.24) is 25.1 Å². The molecule has 11 heteroatoms. The Kier molecular flexibility index (Phi) is 8.06. The maximum Gasteiger partial charge on any atom is 0.222 e. The topological polar surface area (TPSA) is 115 Å². The van der Waals surface area contributed by atoms with Crippen LogP contribution in [0.2, 0.25) is 18.1 Å². The quantitative estimate of drug-likeness (QED) is 0.239. The van der Waals surface area contributed by atoms with Crippen molar-refractivity contribution in [3.05, 3.63) is 106 Å². The number of aliphatic imine (C=N–C) groups is 1. The van der Waals surface area contributed by atoms with Crippen LogP contribution in [-0.4, -0.2) is 58.1 Å². The zero-order valence-corrected chi connectivity index (χ0v) is 26.8. The van der Waals surface area contributed by atoms with Crippen molar-refractivity contribution in [3.8, 4) is 11.4 Å². The minimum absolute atomic E-state index is 0.0931. The van der Waals surface area contributed by atoms with Crippen LogP contribution in [-0.2, 0) is 11.2 Å². The molecule has 0 unspecified atom stereocenters. The molecular formula is C33H33ClN6O3Si.